The zero-order valence-electron chi connectivity index (χ0n) is 20.4. The molecule has 3 aromatic rings. The first-order valence-electron chi connectivity index (χ1n) is 11.7. The Hall–Kier alpha value is -3.84. The third kappa shape index (κ3) is 7.18. The van der Waals surface area contributed by atoms with Crippen LogP contribution in [0.4, 0.5) is 30.7 Å². The normalized spacial score (nSPS) is 17.8. The van der Waals surface area contributed by atoms with Crippen molar-refractivity contribution in [2.45, 2.75) is 50.6 Å². The predicted molar refractivity (Wildman–Crippen MR) is 125 cm³/mol. The number of aryl methyl sites for hydroxylation is 1. The van der Waals surface area contributed by atoms with Crippen molar-refractivity contribution in [2.24, 2.45) is 13.0 Å². The van der Waals surface area contributed by atoms with Crippen molar-refractivity contribution in [3.63, 3.8) is 0 Å². The number of nitrogens with zero attached hydrogens (tertiary/aromatic N) is 2. The second-order valence-corrected chi connectivity index (χ2v) is 9.13. The Morgan fingerprint density at radius 1 is 0.974 bits per heavy atom. The van der Waals surface area contributed by atoms with Crippen molar-refractivity contribution in [3.8, 4) is 0 Å². The fourth-order valence-corrected chi connectivity index (χ4v) is 4.44. The van der Waals surface area contributed by atoms with Gasteiger partial charge in [-0.1, -0.05) is 12.1 Å². The van der Waals surface area contributed by atoms with Crippen LogP contribution >= 0.6 is 0 Å². The topological polar surface area (TPSA) is 93.3 Å². The highest BCUT2D eigenvalue weighted by molar-refractivity contribution is 5.94. The molecule has 1 saturated carbocycles. The van der Waals surface area contributed by atoms with E-state index in [9.17, 15) is 40.3 Å². The molecule has 1 fully saturated rings. The molecule has 2 aromatic carbocycles. The summed E-state index contributed by atoms with van der Waals surface area (Å²) in [6.07, 6.45) is -7.08. The molecular formula is C25H24F7N3O4. The third-order valence-corrected chi connectivity index (χ3v) is 6.45. The van der Waals surface area contributed by atoms with Gasteiger partial charge in [-0.2, -0.15) is 26.3 Å². The number of fused-ring (bicyclic) bond motifs is 1. The first-order chi connectivity index (χ1) is 18.1. The van der Waals surface area contributed by atoms with Gasteiger partial charge in [-0.25, -0.2) is 14.0 Å². The molecule has 1 aliphatic carbocycles. The summed E-state index contributed by atoms with van der Waals surface area (Å²) in [6, 6.07) is 9.68. The van der Waals surface area contributed by atoms with Crippen LogP contribution in [0.5, 0.6) is 0 Å². The number of carboxylic acid groups (broad SMARTS) is 1. The van der Waals surface area contributed by atoms with Crippen molar-refractivity contribution < 1.29 is 45.4 Å². The molecule has 39 heavy (non-hydrogen) atoms. The van der Waals surface area contributed by atoms with Gasteiger partial charge in [0.2, 0.25) is 0 Å². The second kappa shape index (κ2) is 11.5. The fraction of sp³-hybridized carbons (Fsp3) is 0.400. The lowest BCUT2D eigenvalue weighted by Gasteiger charge is -2.29. The molecule has 1 heterocycles. The minimum absolute atomic E-state index is 0.0709. The van der Waals surface area contributed by atoms with E-state index in [1.54, 1.807) is 16.2 Å². The molecule has 2 N–H and O–H groups in total. The van der Waals surface area contributed by atoms with Gasteiger partial charge in [0.15, 0.2) is 0 Å². The van der Waals surface area contributed by atoms with Crippen LogP contribution in [0.15, 0.2) is 47.3 Å². The number of hydrogen-bond donors (Lipinski definition) is 2. The average molecular weight is 563 g/mol. The van der Waals surface area contributed by atoms with E-state index in [0.717, 1.165) is 29.9 Å². The summed E-state index contributed by atoms with van der Waals surface area (Å²) in [6.45, 7) is 0.577. The number of amides is 1. The number of nitrogens with one attached hydrogen (secondary N) is 1. The zero-order valence-corrected chi connectivity index (χ0v) is 20.4. The van der Waals surface area contributed by atoms with Crippen molar-refractivity contribution in [2.75, 3.05) is 0 Å². The van der Waals surface area contributed by atoms with Gasteiger partial charge in [-0.15, -0.1) is 0 Å². The molecular weight excluding hydrogens is 539 g/mol. The van der Waals surface area contributed by atoms with Crippen LogP contribution < -0.4 is 11.0 Å². The van der Waals surface area contributed by atoms with E-state index in [2.05, 4.69) is 5.32 Å². The van der Waals surface area contributed by atoms with Gasteiger partial charge in [-0.3, -0.25) is 13.9 Å². The minimum Gasteiger partial charge on any atom is -0.475 e. The maximum atomic E-state index is 13.5. The van der Waals surface area contributed by atoms with Crippen molar-refractivity contribution in [3.05, 3.63) is 69.9 Å². The molecule has 0 radical (unpaired) electrons. The number of alkyl halides is 6. The van der Waals surface area contributed by atoms with E-state index in [1.165, 1.54) is 0 Å². The summed E-state index contributed by atoms with van der Waals surface area (Å²) < 4.78 is 87.3. The van der Waals surface area contributed by atoms with Crippen LogP contribution in [-0.2, 0) is 24.6 Å². The maximum absolute atomic E-state index is 13.5. The standard InChI is InChI=1S/C23H23F4N3O2.C2HF3O2/c1-29-19-4-2-3-5-20(19)30(22(29)32)13-14-6-9-16(10-7-14)28-21(31)15-8-11-18(24)17(12-15)23(25,26)27;3-2(4,5)1(6)7/h2-5,8,11-12,14,16H,6-7,9-10,13H2,1H3,(H,28,31);(H,6,7)/t14-,16-;. The van der Waals surface area contributed by atoms with Gasteiger partial charge in [0.1, 0.15) is 5.82 Å². The zero-order chi connectivity index (χ0) is 29.1. The number of aromatic nitrogens is 2. The molecule has 0 spiro atoms. The lowest BCUT2D eigenvalue weighted by molar-refractivity contribution is -0.192. The van der Waals surface area contributed by atoms with Crippen molar-refractivity contribution in [1.29, 1.82) is 0 Å². The Morgan fingerprint density at radius 2 is 1.54 bits per heavy atom. The summed E-state index contributed by atoms with van der Waals surface area (Å²) in [4.78, 5) is 33.9. The van der Waals surface area contributed by atoms with Gasteiger partial charge >= 0.3 is 24.0 Å². The number of rotatable bonds is 4. The van der Waals surface area contributed by atoms with Gasteiger partial charge in [0.25, 0.3) is 5.91 Å². The van der Waals surface area contributed by atoms with Gasteiger partial charge < -0.3 is 10.4 Å². The van der Waals surface area contributed by atoms with Crippen LogP contribution in [0.1, 0.15) is 41.6 Å². The SMILES string of the molecule is Cn1c(=O)n(C[C@H]2CC[C@H](NC(=O)c3ccc(F)c(C(F)(F)F)c3)CC2)c2ccccc21.O=C(O)C(F)(F)F. The lowest BCUT2D eigenvalue weighted by atomic mass is 9.85. The number of carboxylic acids is 1. The quantitative estimate of drug-likeness (QED) is 0.431. The first-order valence-corrected chi connectivity index (χ1v) is 11.7. The number of hydrogen-bond acceptors (Lipinski definition) is 3. The highest BCUT2D eigenvalue weighted by Gasteiger charge is 2.38. The molecule has 14 heteroatoms. The summed E-state index contributed by atoms with van der Waals surface area (Å²) in [5.74, 6) is -4.55. The molecule has 0 bridgehead atoms. The minimum atomic E-state index is -5.08. The number of imidazole rings is 1. The van der Waals surface area contributed by atoms with Crippen LogP contribution in [0, 0.1) is 11.7 Å². The van der Waals surface area contributed by atoms with E-state index < -0.39 is 35.6 Å². The number of para-hydroxylation sites is 2. The van der Waals surface area contributed by atoms with Gasteiger partial charge in [0, 0.05) is 25.2 Å². The molecule has 1 aromatic heterocycles. The molecule has 4 rings (SSSR count). The van der Waals surface area contributed by atoms with Crippen molar-refractivity contribution >= 4 is 22.9 Å². The van der Waals surface area contributed by atoms with E-state index in [0.29, 0.717) is 31.5 Å². The molecule has 1 aliphatic rings. The fourth-order valence-electron chi connectivity index (χ4n) is 4.44. The van der Waals surface area contributed by atoms with Crippen LogP contribution in [-0.4, -0.2) is 38.3 Å². The molecule has 212 valence electrons. The van der Waals surface area contributed by atoms with E-state index in [4.69, 9.17) is 9.90 Å². The van der Waals surface area contributed by atoms with Crippen molar-refractivity contribution in [1.82, 2.24) is 14.5 Å². The lowest BCUT2D eigenvalue weighted by Crippen LogP contribution is -2.38. The highest BCUT2D eigenvalue weighted by atomic mass is 19.4. The summed E-state index contributed by atoms with van der Waals surface area (Å²) >= 11 is 0. The number of carbonyl (C=O) groups is 2. The smallest absolute Gasteiger partial charge is 0.475 e. The Labute approximate surface area is 216 Å². The summed E-state index contributed by atoms with van der Waals surface area (Å²) in [5, 5.41) is 9.89. The number of halogens is 7. The highest BCUT2D eigenvalue weighted by Crippen LogP contribution is 2.32. The Bertz CT molecular complexity index is 1400. The Kier molecular flexibility index (Phi) is 8.76. The van der Waals surface area contributed by atoms with Crippen LogP contribution in [0.2, 0.25) is 0 Å². The second-order valence-electron chi connectivity index (χ2n) is 9.13. The van der Waals surface area contributed by atoms with E-state index >= 15 is 0 Å². The summed E-state index contributed by atoms with van der Waals surface area (Å²) in [5.41, 5.74) is 0.0131. The Balaban J connectivity index is 0.000000532. The molecule has 1 amide bonds. The summed E-state index contributed by atoms with van der Waals surface area (Å²) in [7, 11) is 1.74. The third-order valence-electron chi connectivity index (χ3n) is 6.45. The molecule has 0 aliphatic heterocycles. The first kappa shape index (κ1) is 29.7. The Morgan fingerprint density at radius 3 is 2.08 bits per heavy atom. The van der Waals surface area contributed by atoms with E-state index in [-0.39, 0.29) is 23.2 Å². The molecule has 0 atom stereocenters. The number of carbonyl (C=O) groups excluding carboxylic acids is 1. The van der Waals surface area contributed by atoms with Crippen LogP contribution in [0.3, 0.4) is 0 Å². The number of benzene rings is 2. The largest absolute Gasteiger partial charge is 0.490 e. The molecule has 0 saturated heterocycles. The van der Waals surface area contributed by atoms with Crippen LogP contribution in [0.25, 0.3) is 11.0 Å². The molecule has 0 unspecified atom stereocenters. The van der Waals surface area contributed by atoms with Gasteiger partial charge in [-0.05, 0) is 61.9 Å². The average Bonchev–Trinajstić information content (AvgIpc) is 3.09. The van der Waals surface area contributed by atoms with Gasteiger partial charge in [0.05, 0.1) is 16.6 Å². The maximum Gasteiger partial charge on any atom is 0.490 e. The molecule has 7 nitrogen and oxygen atoms in total. The van der Waals surface area contributed by atoms with E-state index in [1.807, 2.05) is 24.3 Å². The predicted octanol–water partition coefficient (Wildman–Crippen LogP) is 5.12. The monoisotopic (exact) mass is 563 g/mol. The number of aliphatic carboxylic acids is 1.